The molecule has 0 aliphatic rings. The standard InChI is InChI=1S/C17H12N2/c1-11-5-4-6-12-9-13-10-18-15-8-3-2-7-14(15)17(13)19-16(11)12/h2-10H,1H3. The molecular formula is C17H12N2. The predicted octanol–water partition coefficient (Wildman–Crippen LogP) is 4.24. The molecule has 0 saturated heterocycles. The fourth-order valence-electron chi connectivity index (χ4n) is 2.60. The van der Waals surface area contributed by atoms with Crippen LogP contribution in [0.2, 0.25) is 0 Å². The van der Waals surface area contributed by atoms with Crippen LogP contribution in [0.5, 0.6) is 0 Å². The number of nitrogens with zero attached hydrogens (tertiary/aromatic N) is 2. The Hall–Kier alpha value is -2.48. The summed E-state index contributed by atoms with van der Waals surface area (Å²) in [4.78, 5) is 9.36. The zero-order valence-corrected chi connectivity index (χ0v) is 10.6. The molecule has 0 saturated carbocycles. The molecule has 4 aromatic rings. The van der Waals surface area contributed by atoms with Crippen LogP contribution in [0.4, 0.5) is 0 Å². The van der Waals surface area contributed by atoms with Crippen molar-refractivity contribution < 1.29 is 0 Å². The number of benzene rings is 2. The van der Waals surface area contributed by atoms with Gasteiger partial charge in [0.05, 0.1) is 16.6 Å². The summed E-state index contributed by atoms with van der Waals surface area (Å²) in [5.41, 5.74) is 4.31. The van der Waals surface area contributed by atoms with Crippen LogP contribution in [-0.4, -0.2) is 9.97 Å². The van der Waals surface area contributed by atoms with Gasteiger partial charge in [-0.05, 0) is 24.6 Å². The molecule has 0 aliphatic heterocycles. The van der Waals surface area contributed by atoms with Gasteiger partial charge in [-0.25, -0.2) is 4.98 Å². The molecule has 0 N–H and O–H groups in total. The predicted molar refractivity (Wildman–Crippen MR) is 79.3 cm³/mol. The molecule has 0 atom stereocenters. The van der Waals surface area contributed by atoms with Crippen LogP contribution >= 0.6 is 0 Å². The maximum atomic E-state index is 4.87. The van der Waals surface area contributed by atoms with Crippen molar-refractivity contribution in [3.63, 3.8) is 0 Å². The van der Waals surface area contributed by atoms with Crippen molar-refractivity contribution >= 4 is 32.7 Å². The van der Waals surface area contributed by atoms with Gasteiger partial charge >= 0.3 is 0 Å². The van der Waals surface area contributed by atoms with Gasteiger partial charge < -0.3 is 0 Å². The SMILES string of the molecule is Cc1cccc2cc3cnc4ccccc4c3nc12. The van der Waals surface area contributed by atoms with Crippen LogP contribution in [-0.2, 0) is 0 Å². The summed E-state index contributed by atoms with van der Waals surface area (Å²) in [7, 11) is 0. The first-order valence-electron chi connectivity index (χ1n) is 6.37. The molecule has 0 bridgehead atoms. The molecular weight excluding hydrogens is 232 g/mol. The number of aryl methyl sites for hydroxylation is 1. The molecule has 2 aromatic carbocycles. The molecule has 0 amide bonds. The van der Waals surface area contributed by atoms with E-state index in [1.54, 1.807) is 0 Å². The highest BCUT2D eigenvalue weighted by Gasteiger charge is 2.06. The average Bonchev–Trinajstić information content (AvgIpc) is 2.46. The summed E-state index contributed by atoms with van der Waals surface area (Å²) in [5.74, 6) is 0. The number of aromatic nitrogens is 2. The molecule has 0 unspecified atom stereocenters. The van der Waals surface area contributed by atoms with Gasteiger partial charge in [0.2, 0.25) is 0 Å². The molecule has 2 nitrogen and oxygen atoms in total. The van der Waals surface area contributed by atoms with Gasteiger partial charge in [0, 0.05) is 22.4 Å². The number of pyridine rings is 2. The molecule has 0 spiro atoms. The van der Waals surface area contributed by atoms with Crippen LogP contribution < -0.4 is 0 Å². The van der Waals surface area contributed by atoms with E-state index in [0.717, 1.165) is 27.3 Å². The van der Waals surface area contributed by atoms with Crippen LogP contribution in [0, 0.1) is 6.92 Å². The minimum Gasteiger partial charge on any atom is -0.255 e. The summed E-state index contributed by atoms with van der Waals surface area (Å²) in [6.07, 6.45) is 1.91. The number of rotatable bonds is 0. The molecule has 2 aromatic heterocycles. The molecule has 90 valence electrons. The Balaban J connectivity index is 2.27. The van der Waals surface area contributed by atoms with E-state index in [-0.39, 0.29) is 0 Å². The minimum atomic E-state index is 0.996. The molecule has 0 aliphatic carbocycles. The van der Waals surface area contributed by atoms with E-state index in [4.69, 9.17) is 4.98 Å². The molecule has 19 heavy (non-hydrogen) atoms. The van der Waals surface area contributed by atoms with Crippen molar-refractivity contribution in [1.29, 1.82) is 0 Å². The van der Waals surface area contributed by atoms with Gasteiger partial charge in [0.15, 0.2) is 0 Å². The lowest BCUT2D eigenvalue weighted by molar-refractivity contribution is 1.40. The van der Waals surface area contributed by atoms with E-state index < -0.39 is 0 Å². The van der Waals surface area contributed by atoms with E-state index in [1.807, 2.05) is 24.4 Å². The van der Waals surface area contributed by atoms with Gasteiger partial charge in [-0.15, -0.1) is 0 Å². The fraction of sp³-hybridized carbons (Fsp3) is 0.0588. The first-order valence-corrected chi connectivity index (χ1v) is 6.37. The Morgan fingerprint density at radius 1 is 0.842 bits per heavy atom. The third-order valence-corrected chi connectivity index (χ3v) is 3.58. The van der Waals surface area contributed by atoms with Gasteiger partial charge in [0.1, 0.15) is 0 Å². The highest BCUT2D eigenvalue weighted by molar-refractivity contribution is 6.06. The Labute approximate surface area is 110 Å². The second-order valence-corrected chi connectivity index (χ2v) is 4.85. The van der Waals surface area contributed by atoms with Gasteiger partial charge in [-0.1, -0.05) is 36.4 Å². The lowest BCUT2D eigenvalue weighted by atomic mass is 10.1. The number of para-hydroxylation sites is 2. The van der Waals surface area contributed by atoms with Crippen molar-refractivity contribution in [2.45, 2.75) is 6.92 Å². The Morgan fingerprint density at radius 3 is 2.68 bits per heavy atom. The first-order chi connectivity index (χ1) is 9.33. The lowest BCUT2D eigenvalue weighted by Crippen LogP contribution is -1.88. The summed E-state index contributed by atoms with van der Waals surface area (Å²) < 4.78 is 0. The quantitative estimate of drug-likeness (QED) is 0.341. The van der Waals surface area contributed by atoms with Crippen LogP contribution in [0.1, 0.15) is 5.56 Å². The average molecular weight is 244 g/mol. The van der Waals surface area contributed by atoms with E-state index in [9.17, 15) is 0 Å². The van der Waals surface area contributed by atoms with E-state index in [0.29, 0.717) is 0 Å². The molecule has 2 heteroatoms. The molecule has 2 heterocycles. The first kappa shape index (κ1) is 10.4. The Kier molecular flexibility index (Phi) is 2.06. The van der Waals surface area contributed by atoms with Crippen LogP contribution in [0.25, 0.3) is 32.7 Å². The Bertz CT molecular complexity index is 926. The molecule has 0 fully saturated rings. The second-order valence-electron chi connectivity index (χ2n) is 4.85. The highest BCUT2D eigenvalue weighted by atomic mass is 14.7. The van der Waals surface area contributed by atoms with Crippen molar-refractivity contribution in [1.82, 2.24) is 9.97 Å². The number of fused-ring (bicyclic) bond motifs is 4. The zero-order chi connectivity index (χ0) is 12.8. The van der Waals surface area contributed by atoms with Gasteiger partial charge in [-0.3, -0.25) is 4.98 Å². The third kappa shape index (κ3) is 1.50. The summed E-state index contributed by atoms with van der Waals surface area (Å²) in [6, 6.07) is 16.6. The van der Waals surface area contributed by atoms with Crippen molar-refractivity contribution in [3.05, 3.63) is 60.3 Å². The molecule has 4 rings (SSSR count). The normalized spacial score (nSPS) is 11.4. The van der Waals surface area contributed by atoms with E-state index in [1.165, 1.54) is 10.9 Å². The summed E-state index contributed by atoms with van der Waals surface area (Å²) >= 11 is 0. The Morgan fingerprint density at radius 2 is 1.74 bits per heavy atom. The maximum Gasteiger partial charge on any atom is 0.0819 e. The third-order valence-electron chi connectivity index (χ3n) is 3.58. The van der Waals surface area contributed by atoms with Crippen molar-refractivity contribution in [2.24, 2.45) is 0 Å². The fourth-order valence-corrected chi connectivity index (χ4v) is 2.60. The number of hydrogen-bond acceptors (Lipinski definition) is 2. The van der Waals surface area contributed by atoms with Crippen molar-refractivity contribution in [3.8, 4) is 0 Å². The smallest absolute Gasteiger partial charge is 0.0819 e. The largest absolute Gasteiger partial charge is 0.255 e. The van der Waals surface area contributed by atoms with Gasteiger partial charge in [-0.2, -0.15) is 0 Å². The zero-order valence-electron chi connectivity index (χ0n) is 10.6. The topological polar surface area (TPSA) is 25.8 Å². The molecule has 0 radical (unpaired) electrons. The summed E-state index contributed by atoms with van der Waals surface area (Å²) in [5, 5.41) is 3.38. The lowest BCUT2D eigenvalue weighted by Gasteiger charge is -2.06. The monoisotopic (exact) mass is 244 g/mol. The summed E-state index contributed by atoms with van der Waals surface area (Å²) in [6.45, 7) is 2.10. The van der Waals surface area contributed by atoms with E-state index >= 15 is 0 Å². The minimum absolute atomic E-state index is 0.996. The van der Waals surface area contributed by atoms with Crippen LogP contribution in [0.15, 0.2) is 54.7 Å². The highest BCUT2D eigenvalue weighted by Crippen LogP contribution is 2.26. The van der Waals surface area contributed by atoms with Crippen molar-refractivity contribution in [2.75, 3.05) is 0 Å². The maximum absolute atomic E-state index is 4.87. The number of hydrogen-bond donors (Lipinski definition) is 0. The van der Waals surface area contributed by atoms with Gasteiger partial charge in [0.25, 0.3) is 0 Å². The second kappa shape index (κ2) is 3.75. The van der Waals surface area contributed by atoms with Crippen LogP contribution in [0.3, 0.4) is 0 Å². The van der Waals surface area contributed by atoms with E-state index in [2.05, 4.69) is 42.2 Å².